The van der Waals surface area contributed by atoms with Crippen molar-refractivity contribution in [2.45, 2.75) is 6.04 Å². The van der Waals surface area contributed by atoms with Gasteiger partial charge in [0, 0.05) is 18.8 Å². The molecule has 0 aliphatic heterocycles. The Balaban J connectivity index is 3.44. The van der Waals surface area contributed by atoms with Gasteiger partial charge in [-0.1, -0.05) is 0 Å². The van der Waals surface area contributed by atoms with E-state index in [9.17, 15) is 4.79 Å². The molecule has 4 N–H and O–H groups in total. The van der Waals surface area contributed by atoms with Gasteiger partial charge in [-0.05, 0) is 7.05 Å². The number of hydrogen-bond donors (Lipinski definition) is 4. The smallest absolute Gasteiger partial charge is 0.235 e. The second kappa shape index (κ2) is 6.45. The van der Waals surface area contributed by atoms with Crippen molar-refractivity contribution in [3.63, 3.8) is 0 Å². The predicted molar refractivity (Wildman–Crippen MR) is 48.8 cm³/mol. The molecule has 0 aliphatic carbocycles. The molecule has 1 atom stereocenters. The summed E-state index contributed by atoms with van der Waals surface area (Å²) < 4.78 is 0. The molecule has 0 radical (unpaired) electrons. The van der Waals surface area contributed by atoms with Gasteiger partial charge in [-0.15, -0.1) is 0 Å². The Kier molecular flexibility index (Phi) is 6.30. The topological polar surface area (TPSA) is 67.2 Å². The highest BCUT2D eigenvalue weighted by Crippen LogP contribution is 1.84. The van der Waals surface area contributed by atoms with Gasteiger partial charge >= 0.3 is 0 Å². The van der Waals surface area contributed by atoms with E-state index in [1.54, 1.807) is 0 Å². The first kappa shape index (κ1) is 10.7. The van der Waals surface area contributed by atoms with Crippen LogP contribution in [0.2, 0.25) is 0 Å². The molecule has 4 nitrogen and oxygen atoms in total. The third-order valence-electron chi connectivity index (χ3n) is 1.29. The number of nitrogens with two attached hydrogens (primary N) is 1. The van der Waals surface area contributed by atoms with Crippen LogP contribution in [-0.2, 0) is 4.79 Å². The van der Waals surface area contributed by atoms with E-state index < -0.39 is 0 Å². The lowest BCUT2D eigenvalue weighted by Gasteiger charge is -2.11. The van der Waals surface area contributed by atoms with E-state index in [2.05, 4.69) is 23.3 Å². The molecule has 11 heavy (non-hydrogen) atoms. The Bertz CT molecular complexity index is 120. The van der Waals surface area contributed by atoms with E-state index in [-0.39, 0.29) is 11.9 Å². The number of thiol groups is 1. The number of carbonyl (C=O) groups excluding carboxylic acids is 1. The van der Waals surface area contributed by atoms with Crippen molar-refractivity contribution >= 4 is 18.5 Å². The lowest BCUT2D eigenvalue weighted by Crippen LogP contribution is -2.44. The van der Waals surface area contributed by atoms with E-state index in [0.29, 0.717) is 5.75 Å². The molecule has 66 valence electrons. The van der Waals surface area contributed by atoms with Crippen LogP contribution in [0.3, 0.4) is 0 Å². The quantitative estimate of drug-likeness (QED) is 0.297. The molecule has 0 aromatic rings. The Labute approximate surface area is 72.3 Å². The first-order valence-corrected chi connectivity index (χ1v) is 4.13. The molecule has 0 spiro atoms. The highest BCUT2D eigenvalue weighted by molar-refractivity contribution is 7.80. The standard InChI is InChI=1S/C6H15N3OS/c1-8-2-3-9-5(4-11)6(7)10/h5,8-9,11H,2-4H2,1H3,(H2,7,10). The summed E-state index contributed by atoms with van der Waals surface area (Å²) in [7, 11) is 1.85. The van der Waals surface area contributed by atoms with Gasteiger partial charge in [-0.3, -0.25) is 4.79 Å². The molecule has 0 bridgehead atoms. The molecule has 0 aromatic carbocycles. The fourth-order valence-electron chi connectivity index (χ4n) is 0.627. The molecule has 0 saturated carbocycles. The monoisotopic (exact) mass is 177 g/mol. The summed E-state index contributed by atoms with van der Waals surface area (Å²) in [6.07, 6.45) is 0. The highest BCUT2D eigenvalue weighted by Gasteiger charge is 2.10. The molecular weight excluding hydrogens is 162 g/mol. The second-order valence-electron chi connectivity index (χ2n) is 2.20. The Morgan fingerprint density at radius 2 is 2.27 bits per heavy atom. The van der Waals surface area contributed by atoms with Gasteiger partial charge in [0.1, 0.15) is 0 Å². The third kappa shape index (κ3) is 5.06. The molecule has 1 amide bonds. The van der Waals surface area contributed by atoms with Crippen LogP contribution in [0.25, 0.3) is 0 Å². The lowest BCUT2D eigenvalue weighted by molar-refractivity contribution is -0.119. The summed E-state index contributed by atoms with van der Waals surface area (Å²) >= 11 is 3.97. The molecule has 5 heteroatoms. The first-order valence-electron chi connectivity index (χ1n) is 3.50. The largest absolute Gasteiger partial charge is 0.368 e. The summed E-state index contributed by atoms with van der Waals surface area (Å²) in [4.78, 5) is 10.6. The number of rotatable bonds is 6. The summed E-state index contributed by atoms with van der Waals surface area (Å²) in [5, 5.41) is 5.90. The average molecular weight is 177 g/mol. The Morgan fingerprint density at radius 1 is 1.64 bits per heavy atom. The number of carbonyl (C=O) groups is 1. The van der Waals surface area contributed by atoms with E-state index in [1.165, 1.54) is 0 Å². The third-order valence-corrected chi connectivity index (χ3v) is 1.66. The fraction of sp³-hybridized carbons (Fsp3) is 0.833. The predicted octanol–water partition coefficient (Wildman–Crippen LogP) is -1.42. The van der Waals surface area contributed by atoms with Gasteiger partial charge in [0.15, 0.2) is 0 Å². The molecule has 0 aromatic heterocycles. The SMILES string of the molecule is CNCCNC(CS)C(N)=O. The van der Waals surface area contributed by atoms with Gasteiger partial charge in [0.25, 0.3) is 0 Å². The van der Waals surface area contributed by atoms with Gasteiger partial charge in [-0.2, -0.15) is 12.6 Å². The maximum atomic E-state index is 10.6. The van der Waals surface area contributed by atoms with Crippen LogP contribution in [-0.4, -0.2) is 37.8 Å². The molecule has 0 heterocycles. The van der Waals surface area contributed by atoms with Crippen LogP contribution < -0.4 is 16.4 Å². The van der Waals surface area contributed by atoms with Gasteiger partial charge in [0.2, 0.25) is 5.91 Å². The van der Waals surface area contributed by atoms with Crippen LogP contribution in [0.1, 0.15) is 0 Å². The van der Waals surface area contributed by atoms with E-state index in [1.807, 2.05) is 7.05 Å². The first-order chi connectivity index (χ1) is 5.22. The van der Waals surface area contributed by atoms with Crippen molar-refractivity contribution in [3.8, 4) is 0 Å². The molecule has 0 saturated heterocycles. The summed E-state index contributed by atoms with van der Waals surface area (Å²) in [5.41, 5.74) is 5.06. The van der Waals surface area contributed by atoms with Gasteiger partial charge in [-0.25, -0.2) is 0 Å². The number of primary amides is 1. The maximum Gasteiger partial charge on any atom is 0.235 e. The van der Waals surface area contributed by atoms with Crippen LogP contribution in [0, 0.1) is 0 Å². The van der Waals surface area contributed by atoms with Crippen LogP contribution >= 0.6 is 12.6 Å². The zero-order valence-electron chi connectivity index (χ0n) is 6.63. The van der Waals surface area contributed by atoms with Crippen molar-refractivity contribution in [1.82, 2.24) is 10.6 Å². The van der Waals surface area contributed by atoms with Crippen LogP contribution in [0.4, 0.5) is 0 Å². The van der Waals surface area contributed by atoms with Crippen molar-refractivity contribution < 1.29 is 4.79 Å². The van der Waals surface area contributed by atoms with Gasteiger partial charge in [0.05, 0.1) is 6.04 Å². The average Bonchev–Trinajstić information content (AvgIpc) is 1.97. The number of likely N-dealkylation sites (N-methyl/N-ethyl adjacent to an activating group) is 1. The summed E-state index contributed by atoms with van der Waals surface area (Å²) in [5.74, 6) is 0.0927. The Morgan fingerprint density at radius 3 is 2.64 bits per heavy atom. The minimum absolute atomic E-state index is 0.313. The minimum Gasteiger partial charge on any atom is -0.368 e. The summed E-state index contributed by atoms with van der Waals surface area (Å²) in [6, 6.07) is -0.313. The van der Waals surface area contributed by atoms with Crippen LogP contribution in [0.5, 0.6) is 0 Å². The second-order valence-corrected chi connectivity index (χ2v) is 2.56. The fourth-order valence-corrected chi connectivity index (χ4v) is 0.936. The van der Waals surface area contributed by atoms with Crippen molar-refractivity contribution in [2.24, 2.45) is 5.73 Å². The summed E-state index contributed by atoms with van der Waals surface area (Å²) in [6.45, 7) is 1.54. The minimum atomic E-state index is -0.351. The zero-order valence-corrected chi connectivity index (χ0v) is 7.53. The van der Waals surface area contributed by atoms with Crippen molar-refractivity contribution in [1.29, 1.82) is 0 Å². The molecule has 1 unspecified atom stereocenters. The molecule has 0 fully saturated rings. The molecule has 0 rings (SSSR count). The van der Waals surface area contributed by atoms with Crippen molar-refractivity contribution in [3.05, 3.63) is 0 Å². The highest BCUT2D eigenvalue weighted by atomic mass is 32.1. The van der Waals surface area contributed by atoms with E-state index >= 15 is 0 Å². The number of hydrogen-bond acceptors (Lipinski definition) is 4. The van der Waals surface area contributed by atoms with E-state index in [4.69, 9.17) is 5.73 Å². The number of amides is 1. The maximum absolute atomic E-state index is 10.6. The number of nitrogens with one attached hydrogen (secondary N) is 2. The zero-order chi connectivity index (χ0) is 8.69. The normalized spacial score (nSPS) is 12.9. The van der Waals surface area contributed by atoms with E-state index in [0.717, 1.165) is 13.1 Å². The Hall–Kier alpha value is -0.260. The molecular formula is C6H15N3OS. The molecule has 0 aliphatic rings. The van der Waals surface area contributed by atoms with Crippen molar-refractivity contribution in [2.75, 3.05) is 25.9 Å². The lowest BCUT2D eigenvalue weighted by atomic mass is 10.3. The van der Waals surface area contributed by atoms with Gasteiger partial charge < -0.3 is 16.4 Å². The van der Waals surface area contributed by atoms with Crippen LogP contribution in [0.15, 0.2) is 0 Å².